The van der Waals surface area contributed by atoms with Gasteiger partial charge in [-0.2, -0.15) is 0 Å². The number of methoxy groups -OCH3 is 2. The number of rotatable bonds is 11. The van der Waals surface area contributed by atoms with Crippen molar-refractivity contribution in [3.63, 3.8) is 0 Å². The number of carbonyl (C=O) groups excluding carboxylic acids is 2. The first kappa shape index (κ1) is 22.2. The van der Waals surface area contributed by atoms with E-state index in [1.54, 1.807) is 0 Å². The average molecular weight is 363 g/mol. The topological polar surface area (TPSA) is 64.6 Å². The Hall–Kier alpha value is -1.88. The summed E-state index contributed by atoms with van der Waals surface area (Å²) >= 11 is 0. The predicted molar refractivity (Wildman–Crippen MR) is 103 cm³/mol. The molecule has 0 aliphatic heterocycles. The van der Waals surface area contributed by atoms with E-state index < -0.39 is 5.41 Å². The molecule has 146 valence electrons. The second kappa shape index (κ2) is 11.0. The lowest BCUT2D eigenvalue weighted by molar-refractivity contribution is -0.155. The van der Waals surface area contributed by atoms with Gasteiger partial charge in [0.25, 0.3) is 0 Å². The molecule has 0 aromatic heterocycles. The zero-order valence-corrected chi connectivity index (χ0v) is 16.7. The van der Waals surface area contributed by atoms with Gasteiger partial charge < -0.3 is 14.8 Å². The molecule has 0 saturated carbocycles. The van der Waals surface area contributed by atoms with Crippen LogP contribution in [0.1, 0.15) is 45.6 Å². The average Bonchev–Trinajstić information content (AvgIpc) is 2.68. The van der Waals surface area contributed by atoms with Crippen molar-refractivity contribution in [3.8, 4) is 0 Å². The number of hydrogen-bond acceptors (Lipinski definition) is 5. The highest BCUT2D eigenvalue weighted by molar-refractivity contribution is 5.77. The third kappa shape index (κ3) is 6.13. The number of hydrogen-bond donors (Lipinski definition) is 1. The standard InChI is InChI=1S/C21H33NO4/c1-6-16(2)21(3,20(24)26-5)14-15-22-18(19(23)25-4)13-12-17-10-8-7-9-11-17/h7-11,16,18,22H,6,12-15H2,1-5H3/t16?,18-,21+/m0/s1. The van der Waals surface area contributed by atoms with Crippen molar-refractivity contribution < 1.29 is 19.1 Å². The van der Waals surface area contributed by atoms with Gasteiger partial charge in [0.05, 0.1) is 19.6 Å². The van der Waals surface area contributed by atoms with Crippen LogP contribution in [-0.2, 0) is 25.5 Å². The molecular formula is C21H33NO4. The Morgan fingerprint density at radius 1 is 1.15 bits per heavy atom. The van der Waals surface area contributed by atoms with E-state index in [2.05, 4.69) is 19.2 Å². The van der Waals surface area contributed by atoms with E-state index in [1.165, 1.54) is 19.8 Å². The fourth-order valence-electron chi connectivity index (χ4n) is 3.14. The van der Waals surface area contributed by atoms with Gasteiger partial charge in [-0.25, -0.2) is 0 Å². The molecule has 0 aliphatic rings. The molecule has 1 unspecified atom stereocenters. The van der Waals surface area contributed by atoms with Crippen LogP contribution in [0.4, 0.5) is 0 Å². The Kier molecular flexibility index (Phi) is 9.35. The molecule has 5 nitrogen and oxygen atoms in total. The molecule has 0 heterocycles. The SMILES string of the molecule is CCC(C)[C@@](C)(CCN[C@@H](CCc1ccccc1)C(=O)OC)C(=O)OC. The second-order valence-electron chi connectivity index (χ2n) is 7.02. The highest BCUT2D eigenvalue weighted by Crippen LogP contribution is 2.34. The van der Waals surface area contributed by atoms with Crippen LogP contribution in [-0.4, -0.2) is 38.7 Å². The summed E-state index contributed by atoms with van der Waals surface area (Å²) in [6.07, 6.45) is 2.93. The van der Waals surface area contributed by atoms with Crippen LogP contribution in [0.2, 0.25) is 0 Å². The van der Waals surface area contributed by atoms with Gasteiger partial charge in [-0.05, 0) is 44.2 Å². The molecule has 0 radical (unpaired) electrons. The predicted octanol–water partition coefficient (Wildman–Crippen LogP) is 3.37. The third-order valence-corrected chi connectivity index (χ3v) is 5.44. The third-order valence-electron chi connectivity index (χ3n) is 5.44. The molecule has 0 bridgehead atoms. The summed E-state index contributed by atoms with van der Waals surface area (Å²) in [4.78, 5) is 24.4. The Labute approximate surface area is 157 Å². The van der Waals surface area contributed by atoms with Gasteiger partial charge in [0.2, 0.25) is 0 Å². The molecule has 0 amide bonds. The number of carbonyl (C=O) groups is 2. The first-order valence-corrected chi connectivity index (χ1v) is 9.32. The van der Waals surface area contributed by atoms with Crippen molar-refractivity contribution in [2.24, 2.45) is 11.3 Å². The van der Waals surface area contributed by atoms with Gasteiger partial charge in [0.1, 0.15) is 6.04 Å². The van der Waals surface area contributed by atoms with E-state index in [0.717, 1.165) is 12.8 Å². The summed E-state index contributed by atoms with van der Waals surface area (Å²) in [5.41, 5.74) is 0.610. The first-order chi connectivity index (χ1) is 12.4. The summed E-state index contributed by atoms with van der Waals surface area (Å²) in [7, 11) is 2.82. The lowest BCUT2D eigenvalue weighted by atomic mass is 9.74. The van der Waals surface area contributed by atoms with Crippen molar-refractivity contribution in [1.29, 1.82) is 0 Å². The fourth-order valence-corrected chi connectivity index (χ4v) is 3.14. The highest BCUT2D eigenvalue weighted by atomic mass is 16.5. The number of aryl methyl sites for hydroxylation is 1. The van der Waals surface area contributed by atoms with Gasteiger partial charge in [-0.1, -0.05) is 50.6 Å². The van der Waals surface area contributed by atoms with Crippen molar-refractivity contribution >= 4 is 11.9 Å². The van der Waals surface area contributed by atoms with E-state index in [-0.39, 0.29) is 23.9 Å². The molecule has 0 aliphatic carbocycles. The number of benzene rings is 1. The van der Waals surface area contributed by atoms with Gasteiger partial charge in [0.15, 0.2) is 0 Å². The van der Waals surface area contributed by atoms with E-state index in [9.17, 15) is 9.59 Å². The van der Waals surface area contributed by atoms with Crippen LogP contribution in [0.15, 0.2) is 30.3 Å². The van der Waals surface area contributed by atoms with Crippen LogP contribution in [0, 0.1) is 11.3 Å². The van der Waals surface area contributed by atoms with Crippen LogP contribution in [0.5, 0.6) is 0 Å². The molecular weight excluding hydrogens is 330 g/mol. The van der Waals surface area contributed by atoms with Crippen LogP contribution in [0.25, 0.3) is 0 Å². The largest absolute Gasteiger partial charge is 0.469 e. The lowest BCUT2D eigenvalue weighted by Gasteiger charge is -2.33. The summed E-state index contributed by atoms with van der Waals surface area (Å²) in [6, 6.07) is 9.66. The Morgan fingerprint density at radius 2 is 1.81 bits per heavy atom. The number of esters is 2. The van der Waals surface area contributed by atoms with Crippen molar-refractivity contribution in [1.82, 2.24) is 5.32 Å². The van der Waals surface area contributed by atoms with Gasteiger partial charge in [-0.3, -0.25) is 9.59 Å². The maximum Gasteiger partial charge on any atom is 0.322 e. The summed E-state index contributed by atoms with van der Waals surface area (Å²) in [5, 5.41) is 3.27. The highest BCUT2D eigenvalue weighted by Gasteiger charge is 2.38. The van der Waals surface area contributed by atoms with E-state index in [0.29, 0.717) is 19.4 Å². The molecule has 5 heteroatoms. The van der Waals surface area contributed by atoms with Crippen LogP contribution >= 0.6 is 0 Å². The summed E-state index contributed by atoms with van der Waals surface area (Å²) in [5.74, 6) is -0.283. The molecule has 1 aromatic rings. The molecule has 0 spiro atoms. The minimum atomic E-state index is -0.573. The fraction of sp³-hybridized carbons (Fsp3) is 0.619. The van der Waals surface area contributed by atoms with Gasteiger partial charge in [-0.15, -0.1) is 0 Å². The van der Waals surface area contributed by atoms with E-state index in [4.69, 9.17) is 9.47 Å². The zero-order chi connectivity index (χ0) is 19.6. The van der Waals surface area contributed by atoms with Crippen molar-refractivity contribution in [2.45, 2.75) is 52.5 Å². The zero-order valence-electron chi connectivity index (χ0n) is 16.7. The molecule has 3 atom stereocenters. The number of ether oxygens (including phenoxy) is 2. The molecule has 1 aromatic carbocycles. The maximum absolute atomic E-state index is 12.3. The van der Waals surface area contributed by atoms with Gasteiger partial charge in [0, 0.05) is 0 Å². The Bertz CT molecular complexity index is 560. The first-order valence-electron chi connectivity index (χ1n) is 9.32. The van der Waals surface area contributed by atoms with Crippen LogP contribution in [0.3, 0.4) is 0 Å². The lowest BCUT2D eigenvalue weighted by Crippen LogP contribution is -2.43. The summed E-state index contributed by atoms with van der Waals surface area (Å²) < 4.78 is 9.94. The van der Waals surface area contributed by atoms with Crippen molar-refractivity contribution in [3.05, 3.63) is 35.9 Å². The maximum atomic E-state index is 12.3. The monoisotopic (exact) mass is 363 g/mol. The Morgan fingerprint density at radius 3 is 2.35 bits per heavy atom. The number of nitrogens with one attached hydrogen (secondary N) is 1. The molecule has 1 rings (SSSR count). The molecule has 26 heavy (non-hydrogen) atoms. The van der Waals surface area contributed by atoms with Gasteiger partial charge >= 0.3 is 11.9 Å². The van der Waals surface area contributed by atoms with E-state index in [1.807, 2.05) is 37.3 Å². The Balaban J connectivity index is 2.67. The molecule has 1 N–H and O–H groups in total. The van der Waals surface area contributed by atoms with Crippen LogP contribution < -0.4 is 5.32 Å². The van der Waals surface area contributed by atoms with E-state index >= 15 is 0 Å². The minimum Gasteiger partial charge on any atom is -0.469 e. The quantitative estimate of drug-likeness (QED) is 0.611. The molecule has 0 fully saturated rings. The smallest absolute Gasteiger partial charge is 0.322 e. The minimum absolute atomic E-state index is 0.192. The summed E-state index contributed by atoms with van der Waals surface area (Å²) in [6.45, 7) is 6.61. The van der Waals surface area contributed by atoms with Crippen molar-refractivity contribution in [2.75, 3.05) is 20.8 Å². The molecule has 0 saturated heterocycles. The second-order valence-corrected chi connectivity index (χ2v) is 7.02. The normalized spacial score (nSPS) is 15.6.